The zero-order valence-corrected chi connectivity index (χ0v) is 8.54. The summed E-state index contributed by atoms with van der Waals surface area (Å²) < 4.78 is 6.15. The van der Waals surface area contributed by atoms with Gasteiger partial charge in [-0.3, -0.25) is 0 Å². The van der Waals surface area contributed by atoms with Crippen molar-refractivity contribution in [2.75, 3.05) is 6.61 Å². The third-order valence-corrected chi connectivity index (χ3v) is 2.60. The number of nitrogens with two attached hydrogens (primary N) is 1. The molecule has 1 aliphatic heterocycles. The molecule has 1 atom stereocenters. The van der Waals surface area contributed by atoms with Crippen molar-refractivity contribution in [1.29, 1.82) is 0 Å². The highest BCUT2D eigenvalue weighted by Gasteiger charge is 2.21. The monoisotopic (exact) mass is 243 g/mol. The lowest BCUT2D eigenvalue weighted by molar-refractivity contribution is 0.255. The standard InChI is InChI=1S/C9H10BrNO2/c10-5-3-6-7(11)1-2-13-9(6)8(12)4-5/h3-4,7,12H,1-2,11H2/t7-/m1/s1. The number of aromatic hydroxyl groups is 1. The Labute approximate surface area is 84.6 Å². The molecule has 0 spiro atoms. The summed E-state index contributed by atoms with van der Waals surface area (Å²) in [6.45, 7) is 0.573. The van der Waals surface area contributed by atoms with Crippen molar-refractivity contribution < 1.29 is 9.84 Å². The second-order valence-electron chi connectivity index (χ2n) is 3.09. The molecular weight excluding hydrogens is 234 g/mol. The Bertz CT molecular complexity index is 341. The molecule has 1 aliphatic rings. The van der Waals surface area contributed by atoms with Crippen LogP contribution in [0, 0.1) is 0 Å². The summed E-state index contributed by atoms with van der Waals surface area (Å²) in [4.78, 5) is 0. The van der Waals surface area contributed by atoms with Crippen LogP contribution in [0.4, 0.5) is 0 Å². The second kappa shape index (κ2) is 3.20. The number of ether oxygens (including phenoxy) is 1. The molecule has 0 bridgehead atoms. The summed E-state index contributed by atoms with van der Waals surface area (Å²) in [5.41, 5.74) is 6.75. The van der Waals surface area contributed by atoms with Crippen molar-refractivity contribution in [3.05, 3.63) is 22.2 Å². The van der Waals surface area contributed by atoms with E-state index in [1.54, 1.807) is 6.07 Å². The van der Waals surface area contributed by atoms with E-state index in [4.69, 9.17) is 10.5 Å². The number of hydrogen-bond acceptors (Lipinski definition) is 3. The van der Waals surface area contributed by atoms with E-state index in [0.29, 0.717) is 12.4 Å². The van der Waals surface area contributed by atoms with Crippen LogP contribution < -0.4 is 10.5 Å². The molecule has 4 heteroatoms. The Kier molecular flexibility index (Phi) is 2.17. The molecule has 0 saturated carbocycles. The van der Waals surface area contributed by atoms with Gasteiger partial charge < -0.3 is 15.6 Å². The van der Waals surface area contributed by atoms with Crippen LogP contribution in [0.25, 0.3) is 0 Å². The molecule has 0 radical (unpaired) electrons. The van der Waals surface area contributed by atoms with Gasteiger partial charge in [0, 0.05) is 22.5 Å². The third-order valence-electron chi connectivity index (χ3n) is 2.14. The average Bonchev–Trinajstić information content (AvgIpc) is 2.07. The van der Waals surface area contributed by atoms with Crippen molar-refractivity contribution in [1.82, 2.24) is 0 Å². The molecule has 1 heterocycles. The summed E-state index contributed by atoms with van der Waals surface area (Å²) in [6.07, 6.45) is 0.795. The Morgan fingerprint density at radius 2 is 2.31 bits per heavy atom. The lowest BCUT2D eigenvalue weighted by atomic mass is 10.0. The van der Waals surface area contributed by atoms with Crippen LogP contribution in [0.1, 0.15) is 18.0 Å². The van der Waals surface area contributed by atoms with Gasteiger partial charge in [0.05, 0.1) is 6.61 Å². The highest BCUT2D eigenvalue weighted by Crippen LogP contribution is 2.39. The Hall–Kier alpha value is -0.740. The molecule has 0 saturated heterocycles. The Balaban J connectivity index is 2.56. The highest BCUT2D eigenvalue weighted by molar-refractivity contribution is 9.10. The molecule has 0 aromatic heterocycles. The minimum absolute atomic E-state index is 0.0350. The number of halogens is 1. The second-order valence-corrected chi connectivity index (χ2v) is 4.00. The number of benzene rings is 1. The molecule has 0 amide bonds. The van der Waals surface area contributed by atoms with Gasteiger partial charge in [-0.1, -0.05) is 15.9 Å². The van der Waals surface area contributed by atoms with E-state index in [9.17, 15) is 5.11 Å². The lowest BCUT2D eigenvalue weighted by Crippen LogP contribution is -2.20. The smallest absolute Gasteiger partial charge is 0.165 e. The molecule has 1 aromatic carbocycles. The first-order chi connectivity index (χ1) is 6.18. The van der Waals surface area contributed by atoms with E-state index < -0.39 is 0 Å². The van der Waals surface area contributed by atoms with Crippen molar-refractivity contribution >= 4 is 15.9 Å². The largest absolute Gasteiger partial charge is 0.504 e. The maximum absolute atomic E-state index is 9.54. The number of fused-ring (bicyclic) bond motifs is 1. The van der Waals surface area contributed by atoms with Gasteiger partial charge in [0.2, 0.25) is 0 Å². The van der Waals surface area contributed by atoms with Gasteiger partial charge in [0.15, 0.2) is 11.5 Å². The summed E-state index contributed by atoms with van der Waals surface area (Å²) >= 11 is 3.30. The van der Waals surface area contributed by atoms with E-state index >= 15 is 0 Å². The highest BCUT2D eigenvalue weighted by atomic mass is 79.9. The summed E-state index contributed by atoms with van der Waals surface area (Å²) in [5.74, 6) is 0.682. The van der Waals surface area contributed by atoms with Gasteiger partial charge in [-0.25, -0.2) is 0 Å². The first kappa shape index (κ1) is 8.84. The van der Waals surface area contributed by atoms with Gasteiger partial charge in [-0.2, -0.15) is 0 Å². The van der Waals surface area contributed by atoms with E-state index in [2.05, 4.69) is 15.9 Å². The number of phenols is 1. The van der Waals surface area contributed by atoms with Gasteiger partial charge >= 0.3 is 0 Å². The van der Waals surface area contributed by atoms with E-state index in [-0.39, 0.29) is 11.8 Å². The molecule has 13 heavy (non-hydrogen) atoms. The molecular formula is C9H10BrNO2. The van der Waals surface area contributed by atoms with E-state index in [0.717, 1.165) is 16.5 Å². The van der Waals surface area contributed by atoms with Gasteiger partial charge in [0.1, 0.15) is 0 Å². The predicted octanol–water partition coefficient (Wildman–Crippen LogP) is 1.94. The Morgan fingerprint density at radius 3 is 3.08 bits per heavy atom. The molecule has 0 aliphatic carbocycles. The molecule has 2 rings (SSSR count). The topological polar surface area (TPSA) is 55.5 Å². The van der Waals surface area contributed by atoms with Crippen LogP contribution in [0.15, 0.2) is 16.6 Å². The van der Waals surface area contributed by atoms with E-state index in [1.807, 2.05) is 6.07 Å². The first-order valence-electron chi connectivity index (χ1n) is 4.09. The fourth-order valence-electron chi connectivity index (χ4n) is 1.48. The fraction of sp³-hybridized carbons (Fsp3) is 0.333. The molecule has 3 N–H and O–H groups in total. The zero-order chi connectivity index (χ0) is 9.42. The summed E-state index contributed by atoms with van der Waals surface area (Å²) in [6, 6.07) is 3.46. The lowest BCUT2D eigenvalue weighted by Gasteiger charge is -2.23. The zero-order valence-electron chi connectivity index (χ0n) is 6.96. The van der Waals surface area contributed by atoms with Gasteiger partial charge in [0.25, 0.3) is 0 Å². The van der Waals surface area contributed by atoms with Crippen molar-refractivity contribution in [2.45, 2.75) is 12.5 Å². The van der Waals surface area contributed by atoms with Gasteiger partial charge in [-0.05, 0) is 12.1 Å². The summed E-state index contributed by atoms with van der Waals surface area (Å²) in [5, 5.41) is 9.54. The maximum atomic E-state index is 9.54. The normalized spacial score (nSPS) is 20.6. The number of phenolic OH excluding ortho intramolecular Hbond substituents is 1. The SMILES string of the molecule is N[C@@H]1CCOc2c(O)cc(Br)cc21. The minimum Gasteiger partial charge on any atom is -0.504 e. The molecule has 0 fully saturated rings. The van der Waals surface area contributed by atoms with Crippen molar-refractivity contribution in [2.24, 2.45) is 5.73 Å². The fourth-order valence-corrected chi connectivity index (χ4v) is 1.94. The molecule has 1 aromatic rings. The molecule has 70 valence electrons. The minimum atomic E-state index is -0.0350. The average molecular weight is 244 g/mol. The van der Waals surface area contributed by atoms with Crippen LogP contribution in [-0.4, -0.2) is 11.7 Å². The maximum Gasteiger partial charge on any atom is 0.165 e. The molecule has 0 unspecified atom stereocenters. The van der Waals surface area contributed by atoms with Gasteiger partial charge in [-0.15, -0.1) is 0 Å². The van der Waals surface area contributed by atoms with Crippen molar-refractivity contribution in [3.8, 4) is 11.5 Å². The first-order valence-corrected chi connectivity index (χ1v) is 4.88. The number of hydrogen-bond donors (Lipinski definition) is 2. The number of rotatable bonds is 0. The van der Waals surface area contributed by atoms with Crippen LogP contribution in [0.2, 0.25) is 0 Å². The van der Waals surface area contributed by atoms with Crippen LogP contribution >= 0.6 is 15.9 Å². The van der Waals surface area contributed by atoms with Crippen LogP contribution in [-0.2, 0) is 0 Å². The van der Waals surface area contributed by atoms with Crippen molar-refractivity contribution in [3.63, 3.8) is 0 Å². The van der Waals surface area contributed by atoms with E-state index in [1.165, 1.54) is 0 Å². The Morgan fingerprint density at radius 1 is 1.54 bits per heavy atom. The van der Waals surface area contributed by atoms with Crippen LogP contribution in [0.5, 0.6) is 11.5 Å². The van der Waals surface area contributed by atoms with Crippen LogP contribution in [0.3, 0.4) is 0 Å². The third kappa shape index (κ3) is 1.51. The quantitative estimate of drug-likeness (QED) is 0.733. The summed E-state index contributed by atoms with van der Waals surface area (Å²) in [7, 11) is 0. The molecule has 3 nitrogen and oxygen atoms in total. The predicted molar refractivity (Wildman–Crippen MR) is 52.8 cm³/mol.